The molecule has 56 valence electrons. The van der Waals surface area contributed by atoms with Crippen LogP contribution in [0.3, 0.4) is 0 Å². The zero-order valence-electron chi connectivity index (χ0n) is 6.71. The molecule has 0 aliphatic heterocycles. The molecule has 3 nitrogen and oxygen atoms in total. The fourth-order valence-electron chi connectivity index (χ4n) is 0.655. The summed E-state index contributed by atoms with van der Waals surface area (Å²) in [6.45, 7) is 3.02. The standard InChI is InChI=1S/C6H17N3/c1-6(8-3,9-4)5-7-2/h7-9H,5H2,1-4H3. The predicted octanol–water partition coefficient (Wildman–Crippen LogP) is -0.639. The van der Waals surface area contributed by atoms with Gasteiger partial charge in [-0.2, -0.15) is 0 Å². The second-order valence-corrected chi connectivity index (χ2v) is 2.36. The van der Waals surface area contributed by atoms with E-state index in [0.717, 1.165) is 6.54 Å². The number of rotatable bonds is 4. The molecule has 3 N–H and O–H groups in total. The first-order chi connectivity index (χ1) is 4.18. The van der Waals surface area contributed by atoms with Crippen LogP contribution in [-0.2, 0) is 0 Å². The Hall–Kier alpha value is -0.120. The molecule has 0 aliphatic carbocycles. The van der Waals surface area contributed by atoms with Crippen molar-refractivity contribution in [1.29, 1.82) is 0 Å². The van der Waals surface area contributed by atoms with Crippen molar-refractivity contribution in [3.8, 4) is 0 Å². The molecule has 0 fully saturated rings. The van der Waals surface area contributed by atoms with Crippen LogP contribution >= 0.6 is 0 Å². The summed E-state index contributed by atoms with van der Waals surface area (Å²) in [5, 5.41) is 9.40. The van der Waals surface area contributed by atoms with E-state index in [1.807, 2.05) is 21.1 Å². The Morgan fingerprint density at radius 3 is 1.67 bits per heavy atom. The summed E-state index contributed by atoms with van der Waals surface area (Å²) in [6.07, 6.45) is 0. The zero-order chi connectivity index (χ0) is 7.33. The predicted molar refractivity (Wildman–Crippen MR) is 40.5 cm³/mol. The van der Waals surface area contributed by atoms with Crippen LogP contribution in [0.1, 0.15) is 6.92 Å². The third-order valence-electron chi connectivity index (χ3n) is 1.63. The van der Waals surface area contributed by atoms with Crippen LogP contribution in [0, 0.1) is 0 Å². The molecule has 0 aromatic carbocycles. The van der Waals surface area contributed by atoms with Crippen LogP contribution in [0.15, 0.2) is 0 Å². The van der Waals surface area contributed by atoms with Gasteiger partial charge in [0.2, 0.25) is 0 Å². The Kier molecular flexibility index (Phi) is 3.77. The van der Waals surface area contributed by atoms with E-state index in [4.69, 9.17) is 0 Å². The van der Waals surface area contributed by atoms with Crippen LogP contribution in [0.25, 0.3) is 0 Å². The lowest BCUT2D eigenvalue weighted by atomic mass is 10.2. The summed E-state index contributed by atoms with van der Waals surface area (Å²) in [4.78, 5) is 0. The Balaban J connectivity index is 3.62. The van der Waals surface area contributed by atoms with Gasteiger partial charge in [-0.05, 0) is 28.1 Å². The molecule has 0 rings (SSSR count). The first-order valence-corrected chi connectivity index (χ1v) is 3.21. The minimum Gasteiger partial charge on any atom is -0.317 e. The van der Waals surface area contributed by atoms with Crippen molar-refractivity contribution in [3.63, 3.8) is 0 Å². The number of nitrogens with one attached hydrogen (secondary N) is 3. The Labute approximate surface area is 57.2 Å². The molecule has 0 radical (unpaired) electrons. The molecular weight excluding hydrogens is 114 g/mol. The smallest absolute Gasteiger partial charge is 0.0781 e. The van der Waals surface area contributed by atoms with E-state index in [-0.39, 0.29) is 5.66 Å². The van der Waals surface area contributed by atoms with Crippen LogP contribution in [0.5, 0.6) is 0 Å². The molecule has 0 heterocycles. The third kappa shape index (κ3) is 2.79. The van der Waals surface area contributed by atoms with E-state index in [9.17, 15) is 0 Å². The molecule has 0 aliphatic rings. The third-order valence-corrected chi connectivity index (χ3v) is 1.63. The maximum Gasteiger partial charge on any atom is 0.0781 e. The first-order valence-electron chi connectivity index (χ1n) is 3.21. The summed E-state index contributed by atoms with van der Waals surface area (Å²) in [5.74, 6) is 0. The van der Waals surface area contributed by atoms with E-state index < -0.39 is 0 Å². The van der Waals surface area contributed by atoms with Crippen molar-refractivity contribution in [2.45, 2.75) is 12.6 Å². The molecule has 0 bridgehead atoms. The van der Waals surface area contributed by atoms with Gasteiger partial charge in [0, 0.05) is 6.54 Å². The van der Waals surface area contributed by atoms with Gasteiger partial charge < -0.3 is 16.0 Å². The van der Waals surface area contributed by atoms with Crippen molar-refractivity contribution in [1.82, 2.24) is 16.0 Å². The molecule has 0 unspecified atom stereocenters. The lowest BCUT2D eigenvalue weighted by Crippen LogP contribution is -2.57. The molecule has 9 heavy (non-hydrogen) atoms. The molecular formula is C6H17N3. The van der Waals surface area contributed by atoms with E-state index >= 15 is 0 Å². The maximum absolute atomic E-state index is 3.16. The Morgan fingerprint density at radius 1 is 1.11 bits per heavy atom. The van der Waals surface area contributed by atoms with Gasteiger partial charge in [0.15, 0.2) is 0 Å². The summed E-state index contributed by atoms with van der Waals surface area (Å²) >= 11 is 0. The molecule has 0 saturated heterocycles. The zero-order valence-corrected chi connectivity index (χ0v) is 6.71. The second kappa shape index (κ2) is 3.82. The first kappa shape index (κ1) is 8.88. The minimum atomic E-state index is 0.0226. The highest BCUT2D eigenvalue weighted by Crippen LogP contribution is 1.91. The topological polar surface area (TPSA) is 36.1 Å². The Morgan fingerprint density at radius 2 is 1.56 bits per heavy atom. The van der Waals surface area contributed by atoms with Crippen molar-refractivity contribution < 1.29 is 0 Å². The molecule has 3 heteroatoms. The summed E-state index contributed by atoms with van der Waals surface area (Å²) in [7, 11) is 5.81. The van der Waals surface area contributed by atoms with Crippen LogP contribution in [0.4, 0.5) is 0 Å². The van der Waals surface area contributed by atoms with E-state index in [1.54, 1.807) is 0 Å². The van der Waals surface area contributed by atoms with E-state index in [0.29, 0.717) is 0 Å². The average Bonchev–Trinajstić information content (AvgIpc) is 1.89. The highest BCUT2D eigenvalue weighted by molar-refractivity contribution is 4.77. The van der Waals surface area contributed by atoms with Crippen LogP contribution in [0.2, 0.25) is 0 Å². The SMILES string of the molecule is CNCC(C)(NC)NC. The number of hydrogen-bond acceptors (Lipinski definition) is 3. The highest BCUT2D eigenvalue weighted by Gasteiger charge is 2.16. The van der Waals surface area contributed by atoms with Gasteiger partial charge in [0.1, 0.15) is 0 Å². The van der Waals surface area contributed by atoms with E-state index in [1.165, 1.54) is 0 Å². The highest BCUT2D eigenvalue weighted by atomic mass is 15.2. The fourth-order valence-corrected chi connectivity index (χ4v) is 0.655. The lowest BCUT2D eigenvalue weighted by molar-refractivity contribution is 0.318. The summed E-state index contributed by atoms with van der Waals surface area (Å²) in [6, 6.07) is 0. The van der Waals surface area contributed by atoms with Crippen molar-refractivity contribution in [2.24, 2.45) is 0 Å². The van der Waals surface area contributed by atoms with Crippen molar-refractivity contribution in [3.05, 3.63) is 0 Å². The van der Waals surface area contributed by atoms with Crippen molar-refractivity contribution in [2.75, 3.05) is 27.7 Å². The van der Waals surface area contributed by atoms with Gasteiger partial charge in [-0.15, -0.1) is 0 Å². The van der Waals surface area contributed by atoms with E-state index in [2.05, 4.69) is 22.9 Å². The molecule has 0 spiro atoms. The largest absolute Gasteiger partial charge is 0.317 e. The van der Waals surface area contributed by atoms with Gasteiger partial charge in [0.25, 0.3) is 0 Å². The fraction of sp³-hybridized carbons (Fsp3) is 1.00. The maximum atomic E-state index is 3.16. The summed E-state index contributed by atoms with van der Waals surface area (Å²) < 4.78 is 0. The summed E-state index contributed by atoms with van der Waals surface area (Å²) in [5.41, 5.74) is 0.0226. The van der Waals surface area contributed by atoms with Gasteiger partial charge in [-0.25, -0.2) is 0 Å². The minimum absolute atomic E-state index is 0.0226. The molecule has 0 saturated carbocycles. The number of likely N-dealkylation sites (N-methyl/N-ethyl adjacent to an activating group) is 3. The van der Waals surface area contributed by atoms with Crippen molar-refractivity contribution >= 4 is 0 Å². The van der Waals surface area contributed by atoms with Gasteiger partial charge in [0.05, 0.1) is 5.66 Å². The van der Waals surface area contributed by atoms with Gasteiger partial charge in [-0.1, -0.05) is 0 Å². The average molecular weight is 131 g/mol. The normalized spacial score (nSPS) is 12.0. The molecule has 0 atom stereocenters. The van der Waals surface area contributed by atoms with Gasteiger partial charge >= 0.3 is 0 Å². The molecule has 0 aromatic rings. The molecule has 0 amide bonds. The van der Waals surface area contributed by atoms with Crippen LogP contribution < -0.4 is 16.0 Å². The van der Waals surface area contributed by atoms with Gasteiger partial charge in [-0.3, -0.25) is 0 Å². The quantitative estimate of drug-likeness (QED) is 0.444. The molecule has 0 aromatic heterocycles. The van der Waals surface area contributed by atoms with Crippen LogP contribution in [-0.4, -0.2) is 33.4 Å². The second-order valence-electron chi connectivity index (χ2n) is 2.36. The lowest BCUT2D eigenvalue weighted by Gasteiger charge is -2.28. The monoisotopic (exact) mass is 131 g/mol. The number of hydrogen-bond donors (Lipinski definition) is 3. The Bertz CT molecular complexity index is 68.7.